The van der Waals surface area contributed by atoms with E-state index in [9.17, 15) is 14.0 Å². The van der Waals surface area contributed by atoms with Gasteiger partial charge >= 0.3 is 5.69 Å². The summed E-state index contributed by atoms with van der Waals surface area (Å²) in [5, 5.41) is 8.88. The second-order valence-corrected chi connectivity index (χ2v) is 8.48. The number of rotatable bonds is 8. The highest BCUT2D eigenvalue weighted by Crippen LogP contribution is 2.39. The summed E-state index contributed by atoms with van der Waals surface area (Å²) in [7, 11) is 2.73. The first-order valence-electron chi connectivity index (χ1n) is 11.5. The van der Waals surface area contributed by atoms with Crippen LogP contribution in [0.15, 0.2) is 59.7 Å². The number of fused-ring (bicyclic) bond motifs is 1. The van der Waals surface area contributed by atoms with Crippen LogP contribution in [0, 0.1) is 17.5 Å². The first-order chi connectivity index (χ1) is 18.8. The largest absolute Gasteiger partial charge is 0.493 e. The van der Waals surface area contributed by atoms with Gasteiger partial charge in [-0.2, -0.15) is 5.10 Å². The SMILES string of the molecule is COc1cc(-c2c(F)ccc3c2n(C)c(=O)n3CC(=O)Nc2ccc(F)cc2)cc(F)c1OCc1ncn[nH]1.Cl. The number of nitrogens with one attached hydrogen (secondary N) is 2. The van der Waals surface area contributed by atoms with Gasteiger partial charge in [-0.15, -0.1) is 12.4 Å². The minimum absolute atomic E-state index is 0. The molecule has 0 aliphatic heterocycles. The first-order valence-corrected chi connectivity index (χ1v) is 11.5. The first kappa shape index (κ1) is 28.2. The second kappa shape index (κ2) is 11.5. The van der Waals surface area contributed by atoms with Gasteiger partial charge in [0, 0.05) is 18.3 Å². The van der Waals surface area contributed by atoms with Gasteiger partial charge < -0.3 is 14.8 Å². The minimum Gasteiger partial charge on any atom is -0.493 e. The molecule has 0 fully saturated rings. The Hall–Kier alpha value is -4.78. The maximum atomic E-state index is 15.3. The maximum absolute atomic E-state index is 15.3. The van der Waals surface area contributed by atoms with Gasteiger partial charge in [-0.05, 0) is 54.1 Å². The van der Waals surface area contributed by atoms with Crippen LogP contribution in [-0.4, -0.2) is 37.3 Å². The van der Waals surface area contributed by atoms with Crippen molar-refractivity contribution in [1.82, 2.24) is 24.3 Å². The fraction of sp³-hybridized carbons (Fsp3) is 0.154. The average Bonchev–Trinajstić information content (AvgIpc) is 3.52. The monoisotopic (exact) mass is 574 g/mol. The molecular weight excluding hydrogens is 553 g/mol. The van der Waals surface area contributed by atoms with Crippen LogP contribution in [0.5, 0.6) is 11.5 Å². The van der Waals surface area contributed by atoms with E-state index < -0.39 is 35.6 Å². The molecule has 3 aromatic carbocycles. The summed E-state index contributed by atoms with van der Waals surface area (Å²) < 4.78 is 56.8. The number of aryl methyl sites for hydroxylation is 1. The van der Waals surface area contributed by atoms with Gasteiger partial charge in [-0.25, -0.2) is 22.9 Å². The summed E-state index contributed by atoms with van der Waals surface area (Å²) in [6.45, 7) is -0.515. The molecule has 0 aliphatic rings. The quantitative estimate of drug-likeness (QED) is 0.287. The van der Waals surface area contributed by atoms with E-state index >= 15 is 8.78 Å². The summed E-state index contributed by atoms with van der Waals surface area (Å²) in [6.07, 6.45) is 1.28. The number of carbonyl (C=O) groups is 1. The van der Waals surface area contributed by atoms with Crippen LogP contribution in [0.4, 0.5) is 18.9 Å². The third-order valence-corrected chi connectivity index (χ3v) is 6.02. The Morgan fingerprint density at radius 2 is 1.82 bits per heavy atom. The van der Waals surface area contributed by atoms with Crippen LogP contribution < -0.4 is 20.5 Å². The molecule has 1 amide bonds. The number of anilines is 1. The van der Waals surface area contributed by atoms with Crippen LogP contribution >= 0.6 is 12.4 Å². The molecule has 0 radical (unpaired) electrons. The Labute approximate surface area is 230 Å². The van der Waals surface area contributed by atoms with Crippen LogP contribution in [0.25, 0.3) is 22.2 Å². The lowest BCUT2D eigenvalue weighted by molar-refractivity contribution is -0.116. The zero-order valence-corrected chi connectivity index (χ0v) is 21.9. The van der Waals surface area contributed by atoms with Gasteiger partial charge in [0.25, 0.3) is 0 Å². The smallest absolute Gasteiger partial charge is 0.329 e. The number of imidazole rings is 1. The molecule has 5 aromatic rings. The highest BCUT2D eigenvalue weighted by molar-refractivity contribution is 5.95. The summed E-state index contributed by atoms with van der Waals surface area (Å²) in [4.78, 5) is 29.7. The van der Waals surface area contributed by atoms with E-state index in [0.29, 0.717) is 11.5 Å². The topological polar surface area (TPSA) is 116 Å². The zero-order chi connectivity index (χ0) is 27.7. The lowest BCUT2D eigenvalue weighted by atomic mass is 10.0. The van der Waals surface area contributed by atoms with Crippen LogP contribution in [0.1, 0.15) is 5.82 Å². The Morgan fingerprint density at radius 3 is 2.50 bits per heavy atom. The number of H-pyrrole nitrogens is 1. The molecule has 40 heavy (non-hydrogen) atoms. The number of aromatic amines is 1. The standard InChI is InChI=1S/C26H21F3N6O4.ClH/c1-34-24-19(35(26(34)37)11-22(36)32-16-5-3-15(27)4-6-16)8-7-17(28)23(24)14-9-18(29)25(20(10-14)38-2)39-12-21-30-13-31-33-21;/h3-10,13H,11-12H2,1-2H3,(H,32,36)(H,30,31,33);1H. The molecule has 0 bridgehead atoms. The molecule has 0 aliphatic carbocycles. The van der Waals surface area contributed by atoms with Gasteiger partial charge in [0.2, 0.25) is 5.91 Å². The van der Waals surface area contributed by atoms with Crippen molar-refractivity contribution in [3.8, 4) is 22.6 Å². The van der Waals surface area contributed by atoms with Crippen molar-refractivity contribution in [3.63, 3.8) is 0 Å². The third kappa shape index (κ3) is 5.36. The van der Waals surface area contributed by atoms with E-state index in [0.717, 1.165) is 12.1 Å². The Kier molecular flexibility index (Phi) is 8.14. The number of aromatic nitrogens is 5. The number of amides is 1. The Bertz CT molecular complexity index is 1740. The van der Waals surface area contributed by atoms with E-state index in [1.54, 1.807) is 0 Å². The lowest BCUT2D eigenvalue weighted by Crippen LogP contribution is -2.28. The number of ether oxygens (including phenoxy) is 2. The maximum Gasteiger partial charge on any atom is 0.329 e. The van der Waals surface area contributed by atoms with Crippen molar-refractivity contribution in [2.24, 2.45) is 7.05 Å². The van der Waals surface area contributed by atoms with Crippen molar-refractivity contribution in [2.75, 3.05) is 12.4 Å². The van der Waals surface area contributed by atoms with Gasteiger partial charge in [0.15, 0.2) is 23.1 Å². The predicted molar refractivity (Wildman–Crippen MR) is 142 cm³/mol. The number of hydrogen-bond donors (Lipinski definition) is 2. The highest BCUT2D eigenvalue weighted by Gasteiger charge is 2.23. The van der Waals surface area contributed by atoms with E-state index in [1.807, 2.05) is 0 Å². The average molecular weight is 575 g/mol. The molecule has 0 unspecified atom stereocenters. The molecule has 0 saturated carbocycles. The molecule has 0 atom stereocenters. The van der Waals surface area contributed by atoms with Crippen LogP contribution in [0.3, 0.4) is 0 Å². The Balaban J connectivity index is 0.00000370. The molecule has 0 saturated heterocycles. The molecule has 2 heterocycles. The fourth-order valence-electron chi connectivity index (χ4n) is 4.24. The van der Waals surface area contributed by atoms with Crippen molar-refractivity contribution in [3.05, 3.63) is 88.6 Å². The van der Waals surface area contributed by atoms with Crippen molar-refractivity contribution in [1.29, 1.82) is 0 Å². The van der Waals surface area contributed by atoms with Crippen LogP contribution in [0.2, 0.25) is 0 Å². The summed E-state index contributed by atoms with van der Waals surface area (Å²) >= 11 is 0. The molecule has 14 heteroatoms. The summed E-state index contributed by atoms with van der Waals surface area (Å²) in [5.74, 6) is -2.43. The summed E-state index contributed by atoms with van der Waals surface area (Å²) in [6, 6.07) is 10.1. The molecule has 0 spiro atoms. The van der Waals surface area contributed by atoms with Gasteiger partial charge in [0.05, 0.1) is 18.1 Å². The number of carbonyl (C=O) groups excluding carboxylic acids is 1. The van der Waals surface area contributed by atoms with Gasteiger partial charge in [0.1, 0.15) is 31.1 Å². The number of benzene rings is 3. The second-order valence-electron chi connectivity index (χ2n) is 8.48. The number of halogens is 4. The highest BCUT2D eigenvalue weighted by atomic mass is 35.5. The van der Waals surface area contributed by atoms with E-state index in [4.69, 9.17) is 9.47 Å². The molecule has 5 rings (SSSR count). The van der Waals surface area contributed by atoms with E-state index in [2.05, 4.69) is 20.5 Å². The molecular formula is C26H22ClF3N6O4. The summed E-state index contributed by atoms with van der Waals surface area (Å²) in [5.41, 5.74) is 0.163. The molecule has 208 valence electrons. The molecule has 10 nitrogen and oxygen atoms in total. The Morgan fingerprint density at radius 1 is 1.07 bits per heavy atom. The zero-order valence-electron chi connectivity index (χ0n) is 21.1. The minimum atomic E-state index is -0.830. The number of nitrogens with zero attached hydrogens (tertiary/aromatic N) is 4. The number of methoxy groups -OCH3 is 1. The third-order valence-electron chi connectivity index (χ3n) is 6.02. The fourth-order valence-corrected chi connectivity index (χ4v) is 4.24. The van der Waals surface area contributed by atoms with Gasteiger partial charge in [-0.3, -0.25) is 19.0 Å². The van der Waals surface area contributed by atoms with Crippen molar-refractivity contribution >= 4 is 35.0 Å². The molecule has 2 aromatic heterocycles. The normalized spacial score (nSPS) is 10.8. The van der Waals surface area contributed by atoms with E-state index in [1.165, 1.54) is 66.0 Å². The van der Waals surface area contributed by atoms with Crippen LogP contribution in [-0.2, 0) is 25.0 Å². The van der Waals surface area contributed by atoms with Gasteiger partial charge in [-0.1, -0.05) is 0 Å². The number of hydrogen-bond acceptors (Lipinski definition) is 6. The molecule has 2 N–H and O–H groups in total. The van der Waals surface area contributed by atoms with E-state index in [-0.39, 0.29) is 52.7 Å². The lowest BCUT2D eigenvalue weighted by Gasteiger charge is -2.14. The van der Waals surface area contributed by atoms with Crippen molar-refractivity contribution in [2.45, 2.75) is 13.2 Å². The van der Waals surface area contributed by atoms with Crippen molar-refractivity contribution < 1.29 is 27.4 Å². The predicted octanol–water partition coefficient (Wildman–Crippen LogP) is 4.19.